The molecule has 0 radical (unpaired) electrons. The number of hydrogen-bond acceptors (Lipinski definition) is 3. The van der Waals surface area contributed by atoms with Gasteiger partial charge in [0.2, 0.25) is 0 Å². The topological polar surface area (TPSA) is 31.9 Å². The minimum absolute atomic E-state index is 0.603. The third-order valence-electron chi connectivity index (χ3n) is 2.77. The van der Waals surface area contributed by atoms with Gasteiger partial charge in [-0.3, -0.25) is 0 Å². The van der Waals surface area contributed by atoms with E-state index in [4.69, 9.17) is 12.2 Å². The molecule has 0 unspecified atom stereocenters. The van der Waals surface area contributed by atoms with Gasteiger partial charge in [-0.1, -0.05) is 42.5 Å². The Bertz CT molecular complexity index is 608. The highest BCUT2D eigenvalue weighted by atomic mass is 79.9. The Morgan fingerprint density at radius 1 is 1.26 bits per heavy atom. The maximum Gasteiger partial charge on any atom is 0.144 e. The van der Waals surface area contributed by atoms with E-state index < -0.39 is 0 Å². The van der Waals surface area contributed by atoms with Gasteiger partial charge in [0.25, 0.3) is 0 Å². The average molecular weight is 338 g/mol. The monoisotopic (exact) mass is 337 g/mol. The predicted octanol–water partition coefficient (Wildman–Crippen LogP) is 3.67. The second-order valence-corrected chi connectivity index (χ2v) is 5.78. The summed E-state index contributed by atoms with van der Waals surface area (Å²) >= 11 is 8.84. The first kappa shape index (κ1) is 14.4. The van der Waals surface area contributed by atoms with E-state index >= 15 is 0 Å². The molecular formula is C14H16BrN3S. The minimum Gasteiger partial charge on any atom is -0.342 e. The Morgan fingerprint density at radius 3 is 2.58 bits per heavy atom. The van der Waals surface area contributed by atoms with Gasteiger partial charge in [0.1, 0.15) is 10.5 Å². The molecule has 3 nitrogen and oxygen atoms in total. The molecule has 0 amide bonds. The number of rotatable bonds is 4. The lowest BCUT2D eigenvalue weighted by molar-refractivity contribution is 0.409. The van der Waals surface area contributed by atoms with Crippen LogP contribution in [0.5, 0.6) is 0 Å². The van der Waals surface area contributed by atoms with Crippen LogP contribution in [0.4, 0.5) is 0 Å². The van der Waals surface area contributed by atoms with E-state index in [0.717, 1.165) is 34.5 Å². The number of nitrogens with one attached hydrogen (secondary N) is 1. The predicted molar refractivity (Wildman–Crippen MR) is 84.8 cm³/mol. The molecule has 0 saturated carbocycles. The average Bonchev–Trinajstić information content (AvgIpc) is 2.41. The molecule has 0 aliphatic carbocycles. The second-order valence-electron chi connectivity index (χ2n) is 4.60. The molecule has 0 aliphatic heterocycles. The maximum atomic E-state index is 5.32. The van der Waals surface area contributed by atoms with Crippen molar-refractivity contribution >= 4 is 28.1 Å². The number of H-pyrrole nitrogens is 1. The molecule has 0 fully saturated rings. The molecule has 2 rings (SSSR count). The highest BCUT2D eigenvalue weighted by molar-refractivity contribution is 9.10. The zero-order valence-electron chi connectivity index (χ0n) is 11.0. The highest BCUT2D eigenvalue weighted by Crippen LogP contribution is 2.26. The normalized spacial score (nSPS) is 10.9. The van der Waals surface area contributed by atoms with Crippen LogP contribution in [-0.4, -0.2) is 35.5 Å². The van der Waals surface area contributed by atoms with E-state index in [9.17, 15) is 0 Å². The van der Waals surface area contributed by atoms with Gasteiger partial charge in [0.05, 0.1) is 10.2 Å². The Morgan fingerprint density at radius 2 is 1.95 bits per heavy atom. The molecule has 1 aromatic heterocycles. The van der Waals surface area contributed by atoms with Crippen LogP contribution < -0.4 is 0 Å². The van der Waals surface area contributed by atoms with Gasteiger partial charge in [0, 0.05) is 13.0 Å². The summed E-state index contributed by atoms with van der Waals surface area (Å²) in [5, 5.41) is 0. The summed E-state index contributed by atoms with van der Waals surface area (Å²) in [6.45, 7) is 0.939. The molecule has 0 atom stereocenters. The van der Waals surface area contributed by atoms with E-state index in [1.165, 1.54) is 0 Å². The number of hydrogen-bond donors (Lipinski definition) is 1. The van der Waals surface area contributed by atoms with Crippen LogP contribution in [0.2, 0.25) is 0 Å². The Labute approximate surface area is 126 Å². The number of aromatic nitrogens is 2. The van der Waals surface area contributed by atoms with Crippen LogP contribution in [0.15, 0.2) is 34.8 Å². The fraction of sp³-hybridized carbons (Fsp3) is 0.286. The number of aromatic amines is 1. The number of benzene rings is 1. The van der Waals surface area contributed by atoms with Crippen LogP contribution in [0.1, 0.15) is 5.82 Å². The molecule has 5 heteroatoms. The molecule has 1 N–H and O–H groups in total. The van der Waals surface area contributed by atoms with E-state index in [-0.39, 0.29) is 0 Å². The van der Waals surface area contributed by atoms with E-state index in [1.807, 2.05) is 32.3 Å². The third-order valence-corrected chi connectivity index (χ3v) is 4.10. The summed E-state index contributed by atoms with van der Waals surface area (Å²) in [5.74, 6) is 0.917. The van der Waals surface area contributed by atoms with Gasteiger partial charge < -0.3 is 9.88 Å². The first-order chi connectivity index (χ1) is 9.08. The number of likely N-dealkylation sites (N-methyl/N-ethyl adjacent to an activating group) is 1. The fourth-order valence-corrected chi connectivity index (χ4v) is 2.39. The van der Waals surface area contributed by atoms with Crippen LogP contribution in [0.3, 0.4) is 0 Å². The zero-order valence-corrected chi connectivity index (χ0v) is 13.4. The first-order valence-electron chi connectivity index (χ1n) is 6.07. The van der Waals surface area contributed by atoms with Crippen molar-refractivity contribution in [2.75, 3.05) is 20.6 Å². The summed E-state index contributed by atoms with van der Waals surface area (Å²) in [6, 6.07) is 10.1. The molecule has 1 heterocycles. The van der Waals surface area contributed by atoms with Crippen molar-refractivity contribution in [1.29, 1.82) is 0 Å². The van der Waals surface area contributed by atoms with Gasteiger partial charge in [0.15, 0.2) is 0 Å². The Hall–Kier alpha value is -1.04. The van der Waals surface area contributed by atoms with E-state index in [0.29, 0.717) is 4.64 Å². The molecule has 2 aromatic rings. The van der Waals surface area contributed by atoms with Crippen molar-refractivity contribution in [2.24, 2.45) is 0 Å². The summed E-state index contributed by atoms with van der Waals surface area (Å²) in [7, 11) is 4.09. The molecule has 0 spiro atoms. The standard InChI is InChI=1S/C14H16BrN3S/c1-18(2)9-8-11-16-13(12(15)14(19)17-11)10-6-4-3-5-7-10/h3-7H,8-9H2,1-2H3,(H,16,17,19). The lowest BCUT2D eigenvalue weighted by Gasteiger charge is -2.11. The maximum absolute atomic E-state index is 5.32. The molecule has 0 bridgehead atoms. The number of halogens is 1. The quantitative estimate of drug-likeness (QED) is 0.863. The largest absolute Gasteiger partial charge is 0.342 e. The molecule has 1 aromatic carbocycles. The number of nitrogens with zero attached hydrogens (tertiary/aromatic N) is 2. The summed E-state index contributed by atoms with van der Waals surface area (Å²) in [4.78, 5) is 9.92. The highest BCUT2D eigenvalue weighted by Gasteiger charge is 2.08. The molecule has 19 heavy (non-hydrogen) atoms. The summed E-state index contributed by atoms with van der Waals surface area (Å²) < 4.78 is 1.45. The summed E-state index contributed by atoms with van der Waals surface area (Å²) in [6.07, 6.45) is 0.851. The fourth-order valence-electron chi connectivity index (χ4n) is 1.76. The van der Waals surface area contributed by atoms with Crippen molar-refractivity contribution < 1.29 is 0 Å². The molecule has 100 valence electrons. The van der Waals surface area contributed by atoms with Crippen molar-refractivity contribution in [1.82, 2.24) is 14.9 Å². The van der Waals surface area contributed by atoms with Crippen LogP contribution in [-0.2, 0) is 6.42 Å². The molecule has 0 saturated heterocycles. The van der Waals surface area contributed by atoms with Gasteiger partial charge in [-0.2, -0.15) is 0 Å². The molecule has 0 aliphatic rings. The zero-order chi connectivity index (χ0) is 13.8. The first-order valence-corrected chi connectivity index (χ1v) is 7.27. The Balaban J connectivity index is 2.41. The summed E-state index contributed by atoms with van der Waals surface area (Å²) in [5.41, 5.74) is 2.10. The van der Waals surface area contributed by atoms with E-state index in [1.54, 1.807) is 0 Å². The van der Waals surface area contributed by atoms with Crippen molar-refractivity contribution in [3.05, 3.63) is 45.3 Å². The van der Waals surface area contributed by atoms with Crippen LogP contribution in [0.25, 0.3) is 11.3 Å². The van der Waals surface area contributed by atoms with E-state index in [2.05, 4.69) is 42.9 Å². The Kier molecular flexibility index (Phi) is 4.85. The van der Waals surface area contributed by atoms with Gasteiger partial charge in [-0.15, -0.1) is 0 Å². The third kappa shape index (κ3) is 3.72. The van der Waals surface area contributed by atoms with Crippen molar-refractivity contribution in [3.8, 4) is 11.3 Å². The SMILES string of the molecule is CN(C)CCc1nc(=S)c(Br)c(-c2ccccc2)[nH]1. The van der Waals surface area contributed by atoms with Crippen LogP contribution >= 0.6 is 28.1 Å². The van der Waals surface area contributed by atoms with Crippen molar-refractivity contribution in [2.45, 2.75) is 6.42 Å². The van der Waals surface area contributed by atoms with Crippen LogP contribution in [0, 0.1) is 4.64 Å². The lowest BCUT2D eigenvalue weighted by Crippen LogP contribution is -2.16. The van der Waals surface area contributed by atoms with Crippen molar-refractivity contribution in [3.63, 3.8) is 0 Å². The minimum atomic E-state index is 0.603. The van der Waals surface area contributed by atoms with Gasteiger partial charge >= 0.3 is 0 Å². The smallest absolute Gasteiger partial charge is 0.144 e. The molecular weight excluding hydrogens is 322 g/mol. The second kappa shape index (κ2) is 6.41. The van der Waals surface area contributed by atoms with Gasteiger partial charge in [-0.25, -0.2) is 4.98 Å². The lowest BCUT2D eigenvalue weighted by atomic mass is 10.1. The van der Waals surface area contributed by atoms with Gasteiger partial charge in [-0.05, 0) is 35.6 Å².